The van der Waals surface area contributed by atoms with Crippen LogP contribution in [0.2, 0.25) is 0 Å². The molecule has 0 unspecified atom stereocenters. The number of carbonyl (C=O) groups excluding carboxylic acids is 2. The minimum Gasteiger partial charge on any atom is -0.361 e. The van der Waals surface area contributed by atoms with Gasteiger partial charge < -0.3 is 4.90 Å². The fourth-order valence-electron chi connectivity index (χ4n) is 3.43. The number of anilines is 1. The summed E-state index contributed by atoms with van der Waals surface area (Å²) in [4.78, 5) is 38.7. The minimum atomic E-state index is -0.670. The number of hydrogen-bond donors (Lipinski definition) is 0. The lowest BCUT2D eigenvalue weighted by molar-refractivity contribution is -0.384. The molecule has 0 fully saturated rings. The summed E-state index contributed by atoms with van der Waals surface area (Å²) >= 11 is 6.22. The highest BCUT2D eigenvalue weighted by atomic mass is 35.5. The third-order valence-electron chi connectivity index (χ3n) is 4.75. The summed E-state index contributed by atoms with van der Waals surface area (Å²) < 4.78 is 0. The van der Waals surface area contributed by atoms with E-state index in [0.29, 0.717) is 13.1 Å². The highest BCUT2D eigenvalue weighted by Crippen LogP contribution is 2.34. The van der Waals surface area contributed by atoms with Gasteiger partial charge in [-0.25, -0.2) is 4.90 Å². The van der Waals surface area contributed by atoms with Crippen LogP contribution in [0.5, 0.6) is 0 Å². The van der Waals surface area contributed by atoms with Crippen LogP contribution in [0.3, 0.4) is 0 Å². The molecule has 2 aromatic rings. The number of nitrogens with zero attached hydrogens (tertiary/aromatic N) is 3. The number of nitro benzene ring substituents is 1. The average Bonchev–Trinajstić information content (AvgIpc) is 2.90. The molecular weight excluding hydrogens is 370 g/mol. The van der Waals surface area contributed by atoms with Crippen molar-refractivity contribution in [2.24, 2.45) is 0 Å². The molecule has 0 aliphatic carbocycles. The summed E-state index contributed by atoms with van der Waals surface area (Å²) in [6.07, 6.45) is 0.738. The van der Waals surface area contributed by atoms with Crippen molar-refractivity contribution in [1.29, 1.82) is 0 Å². The van der Waals surface area contributed by atoms with E-state index in [1.165, 1.54) is 29.8 Å². The Morgan fingerprint density at radius 2 is 1.74 bits per heavy atom. The van der Waals surface area contributed by atoms with Gasteiger partial charge in [0.15, 0.2) is 0 Å². The van der Waals surface area contributed by atoms with Crippen LogP contribution >= 0.6 is 11.6 Å². The Balaban J connectivity index is 1.66. The molecule has 136 valence electrons. The lowest BCUT2D eigenvalue weighted by Gasteiger charge is -2.31. The van der Waals surface area contributed by atoms with Crippen molar-refractivity contribution in [2.75, 3.05) is 11.4 Å². The summed E-state index contributed by atoms with van der Waals surface area (Å²) in [5, 5.41) is 10.8. The van der Waals surface area contributed by atoms with Gasteiger partial charge in [0, 0.05) is 25.2 Å². The van der Waals surface area contributed by atoms with Crippen molar-refractivity contribution in [3.8, 4) is 0 Å². The standard InChI is InChI=1S/C19H14ClN3O4/c20-16-17(21-9-8-12-4-1-2-5-13(12)11-21)19(25)22(18(16)24)14-6-3-7-15(10-14)23(26)27/h1-7,10H,8-9,11H2. The van der Waals surface area contributed by atoms with E-state index >= 15 is 0 Å². The van der Waals surface area contributed by atoms with Gasteiger partial charge in [-0.2, -0.15) is 0 Å². The molecule has 2 heterocycles. The number of imide groups is 1. The van der Waals surface area contributed by atoms with E-state index in [4.69, 9.17) is 11.6 Å². The first kappa shape index (κ1) is 17.2. The molecular formula is C19H14ClN3O4. The maximum Gasteiger partial charge on any atom is 0.283 e. The summed E-state index contributed by atoms with van der Waals surface area (Å²) in [5.74, 6) is -1.24. The predicted octanol–water partition coefficient (Wildman–Crippen LogP) is 2.98. The Bertz CT molecular complexity index is 1020. The summed E-state index contributed by atoms with van der Waals surface area (Å²) in [6, 6.07) is 13.3. The van der Waals surface area contributed by atoms with E-state index in [-0.39, 0.29) is 22.1 Å². The molecule has 2 aliphatic heterocycles. The quantitative estimate of drug-likeness (QED) is 0.462. The maximum atomic E-state index is 13.0. The van der Waals surface area contributed by atoms with Gasteiger partial charge in [-0.05, 0) is 23.6 Å². The average molecular weight is 384 g/mol. The maximum absolute atomic E-state index is 13.0. The zero-order valence-corrected chi connectivity index (χ0v) is 14.8. The number of fused-ring (bicyclic) bond motifs is 1. The van der Waals surface area contributed by atoms with Gasteiger partial charge in [0.1, 0.15) is 10.7 Å². The number of rotatable bonds is 3. The van der Waals surface area contributed by atoms with Gasteiger partial charge in [-0.1, -0.05) is 41.9 Å². The van der Waals surface area contributed by atoms with Crippen molar-refractivity contribution in [3.05, 3.63) is 80.5 Å². The van der Waals surface area contributed by atoms with Crippen molar-refractivity contribution in [2.45, 2.75) is 13.0 Å². The second-order valence-electron chi connectivity index (χ2n) is 6.33. The lowest BCUT2D eigenvalue weighted by Crippen LogP contribution is -2.37. The van der Waals surface area contributed by atoms with Crippen molar-refractivity contribution in [1.82, 2.24) is 4.90 Å². The van der Waals surface area contributed by atoms with Crippen LogP contribution in [-0.2, 0) is 22.6 Å². The third-order valence-corrected chi connectivity index (χ3v) is 5.09. The Kier molecular flexibility index (Phi) is 4.16. The van der Waals surface area contributed by atoms with Crippen LogP contribution in [0.15, 0.2) is 59.3 Å². The molecule has 0 atom stereocenters. The molecule has 0 saturated carbocycles. The molecule has 8 heteroatoms. The SMILES string of the molecule is O=C1C(Cl)=C(N2CCc3ccccc3C2)C(=O)N1c1cccc([N+](=O)[O-])c1. The fraction of sp³-hybridized carbons (Fsp3) is 0.158. The minimum absolute atomic E-state index is 0.129. The Hall–Kier alpha value is -3.19. The topological polar surface area (TPSA) is 83.8 Å². The van der Waals surface area contributed by atoms with E-state index in [1.807, 2.05) is 24.3 Å². The number of non-ortho nitro benzene ring substituents is 1. The molecule has 0 saturated heterocycles. The number of nitro groups is 1. The lowest BCUT2D eigenvalue weighted by atomic mass is 9.99. The number of carbonyl (C=O) groups is 2. The van der Waals surface area contributed by atoms with Crippen LogP contribution in [0.1, 0.15) is 11.1 Å². The van der Waals surface area contributed by atoms with Crippen LogP contribution in [-0.4, -0.2) is 28.2 Å². The summed E-state index contributed by atoms with van der Waals surface area (Å²) in [6.45, 7) is 1.04. The molecule has 2 aromatic carbocycles. The smallest absolute Gasteiger partial charge is 0.283 e. The zero-order chi connectivity index (χ0) is 19.1. The van der Waals surface area contributed by atoms with Gasteiger partial charge in [0.05, 0.1) is 10.6 Å². The Morgan fingerprint density at radius 1 is 1.00 bits per heavy atom. The van der Waals surface area contributed by atoms with Crippen molar-refractivity contribution >= 4 is 34.8 Å². The van der Waals surface area contributed by atoms with E-state index < -0.39 is 16.7 Å². The molecule has 4 rings (SSSR count). The summed E-state index contributed by atoms with van der Waals surface area (Å²) in [5.41, 5.74) is 2.35. The molecule has 0 N–H and O–H groups in total. The normalized spacial score (nSPS) is 16.8. The van der Waals surface area contributed by atoms with Crippen molar-refractivity contribution < 1.29 is 14.5 Å². The van der Waals surface area contributed by atoms with E-state index in [2.05, 4.69) is 0 Å². The zero-order valence-electron chi connectivity index (χ0n) is 14.1. The number of amides is 2. The second-order valence-corrected chi connectivity index (χ2v) is 6.70. The van der Waals surface area contributed by atoms with Gasteiger partial charge >= 0.3 is 0 Å². The monoisotopic (exact) mass is 383 g/mol. The molecule has 0 aromatic heterocycles. The molecule has 2 aliphatic rings. The number of benzene rings is 2. The molecule has 0 bridgehead atoms. The van der Waals surface area contributed by atoms with Gasteiger partial charge in [-0.15, -0.1) is 0 Å². The Labute approximate surface area is 159 Å². The first-order chi connectivity index (χ1) is 13.0. The van der Waals surface area contributed by atoms with E-state index in [0.717, 1.165) is 16.9 Å². The summed E-state index contributed by atoms with van der Waals surface area (Å²) in [7, 11) is 0. The number of halogens is 1. The molecule has 0 radical (unpaired) electrons. The third kappa shape index (κ3) is 2.86. The predicted molar refractivity (Wildman–Crippen MR) is 99.0 cm³/mol. The molecule has 2 amide bonds. The highest BCUT2D eigenvalue weighted by Gasteiger charge is 2.42. The largest absolute Gasteiger partial charge is 0.361 e. The highest BCUT2D eigenvalue weighted by molar-refractivity contribution is 6.52. The van der Waals surface area contributed by atoms with Crippen LogP contribution in [0, 0.1) is 10.1 Å². The molecule has 0 spiro atoms. The molecule has 27 heavy (non-hydrogen) atoms. The van der Waals surface area contributed by atoms with Crippen LogP contribution < -0.4 is 4.90 Å². The van der Waals surface area contributed by atoms with Gasteiger partial charge in [-0.3, -0.25) is 19.7 Å². The Morgan fingerprint density at radius 3 is 2.48 bits per heavy atom. The van der Waals surface area contributed by atoms with Crippen LogP contribution in [0.25, 0.3) is 0 Å². The van der Waals surface area contributed by atoms with Crippen molar-refractivity contribution in [3.63, 3.8) is 0 Å². The van der Waals surface area contributed by atoms with E-state index in [1.54, 1.807) is 4.90 Å². The second kappa shape index (κ2) is 6.51. The molecule has 7 nitrogen and oxygen atoms in total. The fourth-order valence-corrected chi connectivity index (χ4v) is 3.72. The number of hydrogen-bond acceptors (Lipinski definition) is 5. The first-order valence-corrected chi connectivity index (χ1v) is 8.70. The van der Waals surface area contributed by atoms with Crippen LogP contribution in [0.4, 0.5) is 11.4 Å². The van der Waals surface area contributed by atoms with Gasteiger partial charge in [0.2, 0.25) is 0 Å². The van der Waals surface area contributed by atoms with E-state index in [9.17, 15) is 19.7 Å². The first-order valence-electron chi connectivity index (χ1n) is 8.32. The van der Waals surface area contributed by atoms with Gasteiger partial charge in [0.25, 0.3) is 17.5 Å².